The van der Waals surface area contributed by atoms with Gasteiger partial charge in [0.15, 0.2) is 0 Å². The topological polar surface area (TPSA) is 127 Å². The summed E-state index contributed by atoms with van der Waals surface area (Å²) in [5.41, 5.74) is 1.86. The molecule has 10 heteroatoms. The third-order valence-corrected chi connectivity index (χ3v) is 6.73. The summed E-state index contributed by atoms with van der Waals surface area (Å²) in [6.45, 7) is 3.64. The fourth-order valence-corrected chi connectivity index (χ4v) is 4.65. The molecule has 0 unspecified atom stereocenters. The highest BCUT2D eigenvalue weighted by Gasteiger charge is 2.41. The number of amides is 2. The lowest BCUT2D eigenvalue weighted by Gasteiger charge is -2.24. The van der Waals surface area contributed by atoms with Crippen molar-refractivity contribution in [2.24, 2.45) is 12.5 Å². The Balaban J connectivity index is 1.66. The number of carboxylic acids is 1. The third-order valence-electron chi connectivity index (χ3n) is 6.73. The highest BCUT2D eigenvalue weighted by molar-refractivity contribution is 5.99. The minimum absolute atomic E-state index is 0.0383. The molecule has 0 aliphatic carbocycles. The Bertz CT molecular complexity index is 1230. The van der Waals surface area contributed by atoms with Crippen LogP contribution >= 0.6 is 0 Å². The number of allylic oxidation sites excluding steroid dienone is 1. The van der Waals surface area contributed by atoms with Crippen molar-refractivity contribution in [3.63, 3.8) is 0 Å². The number of cyclic esters (lactones) is 1. The van der Waals surface area contributed by atoms with Crippen LogP contribution in [0.4, 0.5) is 4.79 Å². The van der Waals surface area contributed by atoms with Gasteiger partial charge in [0.2, 0.25) is 5.91 Å². The second-order valence-corrected chi connectivity index (χ2v) is 10.1. The maximum absolute atomic E-state index is 13.1. The van der Waals surface area contributed by atoms with E-state index < -0.39 is 42.6 Å². The van der Waals surface area contributed by atoms with Crippen LogP contribution in [0.5, 0.6) is 0 Å². The predicted molar refractivity (Wildman–Crippen MR) is 131 cm³/mol. The smallest absolute Gasteiger partial charge is 0.407 e. The van der Waals surface area contributed by atoms with Gasteiger partial charge in [-0.2, -0.15) is 0 Å². The van der Waals surface area contributed by atoms with Crippen molar-refractivity contribution in [2.45, 2.75) is 45.3 Å². The number of alkyl carbamates (subject to hydrolysis) is 1. The molecule has 2 N–H and O–H groups in total. The molecule has 2 aromatic rings. The van der Waals surface area contributed by atoms with Gasteiger partial charge in [0.25, 0.3) is 0 Å². The van der Waals surface area contributed by atoms with E-state index >= 15 is 0 Å². The van der Waals surface area contributed by atoms with Crippen LogP contribution in [-0.2, 0) is 26.1 Å². The van der Waals surface area contributed by atoms with Gasteiger partial charge in [-0.3, -0.25) is 4.79 Å². The molecule has 0 radical (unpaired) electrons. The van der Waals surface area contributed by atoms with E-state index in [1.807, 2.05) is 38.1 Å². The lowest BCUT2D eigenvalue weighted by atomic mass is 9.88. The number of fused-ring (bicyclic) bond motifs is 3. The summed E-state index contributed by atoms with van der Waals surface area (Å²) in [6.07, 6.45) is 3.99. The van der Waals surface area contributed by atoms with Gasteiger partial charge in [-0.15, -0.1) is 0 Å². The summed E-state index contributed by atoms with van der Waals surface area (Å²) < 4.78 is 12.7. The molecule has 0 spiro atoms. The summed E-state index contributed by atoms with van der Waals surface area (Å²) in [4.78, 5) is 50.9. The number of carboxylic acid groups (broad SMARTS) is 1. The van der Waals surface area contributed by atoms with Crippen molar-refractivity contribution in [2.75, 3.05) is 19.7 Å². The van der Waals surface area contributed by atoms with E-state index in [4.69, 9.17) is 9.47 Å². The standard InChI is InChI=1S/C26H31N3O7/c1-26(2)10-5-4-7-16-8-6-9-19-18(16)12-21(28(19)3)24(33)36-17-11-20(23(31)32)29(14-17)22(30)13-27-25(34)35-15-26/h4,6-9,12,17,20H,5,10-11,13-15H2,1-3H3,(H,27,34)(H,31,32)/t17-,20+/m1/s1. The van der Waals surface area contributed by atoms with Gasteiger partial charge in [0.05, 0.1) is 13.2 Å². The zero-order chi connectivity index (χ0) is 26.0. The van der Waals surface area contributed by atoms with Crippen LogP contribution in [0, 0.1) is 5.41 Å². The van der Waals surface area contributed by atoms with Crippen LogP contribution < -0.4 is 5.32 Å². The minimum atomic E-state index is -1.20. The summed E-state index contributed by atoms with van der Waals surface area (Å²) in [5, 5.41) is 12.9. The Morgan fingerprint density at radius 3 is 2.75 bits per heavy atom. The molecule has 36 heavy (non-hydrogen) atoms. The van der Waals surface area contributed by atoms with Gasteiger partial charge >= 0.3 is 18.0 Å². The number of aromatic nitrogens is 1. The number of carbonyl (C=O) groups excluding carboxylic acids is 3. The summed E-state index contributed by atoms with van der Waals surface area (Å²) >= 11 is 0. The zero-order valence-electron chi connectivity index (χ0n) is 20.7. The van der Waals surface area contributed by atoms with Crippen LogP contribution in [-0.4, -0.2) is 70.4 Å². The number of hydrogen-bond donors (Lipinski definition) is 2. The number of carbonyl (C=O) groups is 4. The average molecular weight is 498 g/mol. The molecule has 3 heterocycles. The van der Waals surface area contributed by atoms with E-state index in [1.54, 1.807) is 17.7 Å². The molecule has 192 valence electrons. The molecule has 2 atom stereocenters. The van der Waals surface area contributed by atoms with Gasteiger partial charge in [-0.05, 0) is 36.0 Å². The van der Waals surface area contributed by atoms with E-state index in [1.165, 1.54) is 0 Å². The van der Waals surface area contributed by atoms with Crippen molar-refractivity contribution in [3.05, 3.63) is 41.6 Å². The molecule has 4 rings (SSSR count). The number of ether oxygens (including phenoxy) is 2. The second-order valence-electron chi connectivity index (χ2n) is 10.1. The normalized spacial score (nSPS) is 23.3. The van der Waals surface area contributed by atoms with Crippen LogP contribution in [0.25, 0.3) is 17.0 Å². The first-order valence-corrected chi connectivity index (χ1v) is 11.9. The van der Waals surface area contributed by atoms with Crippen molar-refractivity contribution in [1.82, 2.24) is 14.8 Å². The average Bonchev–Trinajstić information content (AvgIpc) is 3.40. The molecular weight excluding hydrogens is 466 g/mol. The van der Waals surface area contributed by atoms with E-state index in [9.17, 15) is 24.3 Å². The molecule has 1 aromatic carbocycles. The number of nitrogens with zero attached hydrogens (tertiary/aromatic N) is 2. The Morgan fingerprint density at radius 1 is 1.22 bits per heavy atom. The summed E-state index contributed by atoms with van der Waals surface area (Å²) in [6, 6.07) is 6.41. The molecule has 1 saturated heterocycles. The maximum Gasteiger partial charge on any atom is 0.407 e. The Hall–Kier alpha value is -3.82. The van der Waals surface area contributed by atoms with Crippen LogP contribution in [0.2, 0.25) is 0 Å². The van der Waals surface area contributed by atoms with E-state index in [0.717, 1.165) is 34.2 Å². The molecular formula is C26H31N3O7. The lowest BCUT2D eigenvalue weighted by Crippen LogP contribution is -2.46. The monoisotopic (exact) mass is 497 g/mol. The first-order valence-electron chi connectivity index (χ1n) is 11.9. The highest BCUT2D eigenvalue weighted by atomic mass is 16.6. The molecule has 0 saturated carbocycles. The first kappa shape index (κ1) is 25.3. The Labute approximate surface area is 208 Å². The molecule has 10 nitrogen and oxygen atoms in total. The third kappa shape index (κ3) is 5.37. The molecule has 2 aliphatic heterocycles. The Kier molecular flexibility index (Phi) is 7.05. The number of aliphatic carboxylic acids is 1. The molecule has 2 aliphatic rings. The predicted octanol–water partition coefficient (Wildman–Crippen LogP) is 2.95. The summed E-state index contributed by atoms with van der Waals surface area (Å²) in [5.74, 6) is -2.39. The largest absolute Gasteiger partial charge is 0.480 e. The Morgan fingerprint density at radius 2 is 2.00 bits per heavy atom. The summed E-state index contributed by atoms with van der Waals surface area (Å²) in [7, 11) is 1.78. The number of nitrogens with one attached hydrogen (secondary N) is 1. The van der Waals surface area contributed by atoms with Gasteiger partial charge in [0.1, 0.15) is 24.4 Å². The first-order chi connectivity index (χ1) is 17.1. The van der Waals surface area contributed by atoms with Gasteiger partial charge in [-0.1, -0.05) is 38.1 Å². The minimum Gasteiger partial charge on any atom is -0.480 e. The number of benzene rings is 1. The maximum atomic E-state index is 13.1. The van der Waals surface area contributed by atoms with Gasteiger partial charge in [-0.25, -0.2) is 14.4 Å². The van der Waals surface area contributed by atoms with Crippen molar-refractivity contribution < 1.29 is 33.8 Å². The number of aryl methyl sites for hydroxylation is 1. The van der Waals surface area contributed by atoms with E-state index in [2.05, 4.69) is 11.4 Å². The fourth-order valence-electron chi connectivity index (χ4n) is 4.65. The SMILES string of the molecule is Cn1c2cc3c(cccc31)C=CCCC(C)(C)COC(=O)NCC(=O)N1C[C@@H](C[C@H]1C(=O)O)OC2=O. The number of hydrogen-bond acceptors (Lipinski definition) is 6. The van der Waals surface area contributed by atoms with Crippen molar-refractivity contribution in [3.8, 4) is 0 Å². The molecule has 1 fully saturated rings. The quantitative estimate of drug-likeness (QED) is 0.580. The lowest BCUT2D eigenvalue weighted by molar-refractivity contribution is -0.147. The zero-order valence-corrected chi connectivity index (χ0v) is 20.7. The number of esters is 1. The molecule has 4 bridgehead atoms. The van der Waals surface area contributed by atoms with Crippen LogP contribution in [0.15, 0.2) is 30.3 Å². The van der Waals surface area contributed by atoms with Gasteiger partial charge in [0, 0.05) is 24.4 Å². The molecule has 1 aromatic heterocycles. The van der Waals surface area contributed by atoms with Crippen LogP contribution in [0.3, 0.4) is 0 Å². The van der Waals surface area contributed by atoms with Crippen molar-refractivity contribution >= 4 is 40.9 Å². The fraction of sp³-hybridized carbons (Fsp3) is 0.462. The highest BCUT2D eigenvalue weighted by Crippen LogP contribution is 2.28. The number of rotatable bonds is 1. The molecule has 2 amide bonds. The van der Waals surface area contributed by atoms with E-state index in [0.29, 0.717) is 5.69 Å². The van der Waals surface area contributed by atoms with Crippen molar-refractivity contribution in [1.29, 1.82) is 0 Å². The second kappa shape index (κ2) is 10.0. The van der Waals surface area contributed by atoms with E-state index in [-0.39, 0.29) is 25.0 Å². The van der Waals surface area contributed by atoms with Crippen LogP contribution in [0.1, 0.15) is 49.2 Å². The van der Waals surface area contributed by atoms with Gasteiger partial charge < -0.3 is 29.4 Å².